The molecule has 2 aromatic rings. The van der Waals surface area contributed by atoms with E-state index in [9.17, 15) is 14.4 Å². The van der Waals surface area contributed by atoms with E-state index in [4.69, 9.17) is 4.74 Å². The molecule has 0 aliphatic heterocycles. The number of nitrogens with one attached hydrogen (secondary N) is 1. The van der Waals surface area contributed by atoms with Gasteiger partial charge in [-0.05, 0) is 74.1 Å². The molecule has 2 aromatic carbocycles. The summed E-state index contributed by atoms with van der Waals surface area (Å²) in [6, 6.07) is 11.7. The van der Waals surface area contributed by atoms with Crippen LogP contribution in [-0.4, -0.2) is 42.3 Å². The maximum Gasteiger partial charge on any atom is 0.329 e. The maximum absolute atomic E-state index is 12.6. The van der Waals surface area contributed by atoms with Crippen molar-refractivity contribution in [2.75, 3.05) is 18.6 Å². The number of aryl methyl sites for hydroxylation is 3. The summed E-state index contributed by atoms with van der Waals surface area (Å²) in [7, 11) is 0. The van der Waals surface area contributed by atoms with E-state index in [1.807, 2.05) is 45.2 Å². The molecule has 1 amide bonds. The molecule has 29 heavy (non-hydrogen) atoms. The summed E-state index contributed by atoms with van der Waals surface area (Å²) in [6.45, 7) is 5.44. The molecule has 0 aliphatic carbocycles. The summed E-state index contributed by atoms with van der Waals surface area (Å²) in [4.78, 5) is 37.5. The van der Waals surface area contributed by atoms with Gasteiger partial charge in [0, 0.05) is 11.1 Å². The molecule has 1 unspecified atom stereocenters. The highest BCUT2D eigenvalue weighted by molar-refractivity contribution is 7.98. The highest BCUT2D eigenvalue weighted by Gasteiger charge is 2.24. The molecule has 1 N–H and O–H groups in total. The van der Waals surface area contributed by atoms with E-state index in [1.165, 1.54) is 0 Å². The number of rotatable bonds is 9. The SMILES string of the molecule is CSCCC(NC(=O)c1ccccc1)C(=O)OCC(=O)c1cc(C)c(C)cc1C. The number of hydrogen-bond acceptors (Lipinski definition) is 5. The predicted octanol–water partition coefficient (Wildman–Crippen LogP) is 3.89. The van der Waals surface area contributed by atoms with Crippen LogP contribution in [0.15, 0.2) is 42.5 Å². The quantitative estimate of drug-likeness (QED) is 0.499. The third-order valence-corrected chi connectivity index (χ3v) is 5.37. The van der Waals surface area contributed by atoms with Gasteiger partial charge in [-0.15, -0.1) is 0 Å². The Kier molecular flexibility index (Phi) is 8.46. The van der Waals surface area contributed by atoms with Crippen molar-refractivity contribution in [1.82, 2.24) is 5.32 Å². The van der Waals surface area contributed by atoms with Crippen LogP contribution in [0.1, 0.15) is 43.8 Å². The van der Waals surface area contributed by atoms with E-state index in [0.717, 1.165) is 16.7 Å². The molecule has 0 radical (unpaired) electrons. The lowest BCUT2D eigenvalue weighted by Gasteiger charge is -2.17. The average molecular weight is 414 g/mol. The van der Waals surface area contributed by atoms with Gasteiger partial charge in [0.05, 0.1) is 0 Å². The zero-order chi connectivity index (χ0) is 21.4. The van der Waals surface area contributed by atoms with Crippen molar-refractivity contribution in [3.63, 3.8) is 0 Å². The molecule has 0 fully saturated rings. The number of amides is 1. The van der Waals surface area contributed by atoms with E-state index in [-0.39, 0.29) is 18.3 Å². The minimum absolute atomic E-state index is 0.253. The number of carbonyl (C=O) groups is 3. The van der Waals surface area contributed by atoms with Crippen LogP contribution < -0.4 is 5.32 Å². The van der Waals surface area contributed by atoms with E-state index < -0.39 is 12.0 Å². The fraction of sp³-hybridized carbons (Fsp3) is 0.348. The zero-order valence-corrected chi connectivity index (χ0v) is 18.1. The number of Topliss-reactive ketones (excluding diaryl/α,β-unsaturated/α-hetero) is 1. The molecule has 0 heterocycles. The second kappa shape index (κ2) is 10.8. The lowest BCUT2D eigenvalue weighted by Crippen LogP contribution is -2.42. The standard InChI is InChI=1S/C23H27NO4S/c1-15-12-17(3)19(13-16(15)2)21(25)14-28-23(27)20(10-11-29-4)24-22(26)18-8-6-5-7-9-18/h5-9,12-13,20H,10-11,14H2,1-4H3,(H,24,26). The minimum atomic E-state index is -0.802. The molecule has 1 atom stereocenters. The van der Waals surface area contributed by atoms with Crippen molar-refractivity contribution < 1.29 is 19.1 Å². The van der Waals surface area contributed by atoms with Crippen LogP contribution in [0.3, 0.4) is 0 Å². The second-order valence-electron chi connectivity index (χ2n) is 6.96. The molecule has 5 nitrogen and oxygen atoms in total. The van der Waals surface area contributed by atoms with Gasteiger partial charge in [0.25, 0.3) is 5.91 Å². The van der Waals surface area contributed by atoms with Gasteiger partial charge in [-0.3, -0.25) is 9.59 Å². The first-order valence-corrected chi connectivity index (χ1v) is 10.9. The van der Waals surface area contributed by atoms with Gasteiger partial charge >= 0.3 is 5.97 Å². The number of hydrogen-bond donors (Lipinski definition) is 1. The van der Waals surface area contributed by atoms with Crippen molar-refractivity contribution in [1.29, 1.82) is 0 Å². The second-order valence-corrected chi connectivity index (χ2v) is 7.94. The normalized spacial score (nSPS) is 11.6. The molecule has 2 rings (SSSR count). The highest BCUT2D eigenvalue weighted by atomic mass is 32.2. The molecule has 0 aromatic heterocycles. The Hall–Kier alpha value is -2.60. The Balaban J connectivity index is 2.03. The van der Waals surface area contributed by atoms with Crippen molar-refractivity contribution in [2.45, 2.75) is 33.2 Å². The molecular weight excluding hydrogens is 386 g/mol. The van der Waals surface area contributed by atoms with Crippen LogP contribution in [0.5, 0.6) is 0 Å². The van der Waals surface area contributed by atoms with Crippen LogP contribution in [-0.2, 0) is 9.53 Å². The number of carbonyl (C=O) groups excluding carboxylic acids is 3. The van der Waals surface area contributed by atoms with Gasteiger partial charge in [-0.2, -0.15) is 11.8 Å². The molecule has 0 saturated carbocycles. The van der Waals surface area contributed by atoms with E-state index >= 15 is 0 Å². The molecule has 6 heteroatoms. The fourth-order valence-corrected chi connectivity index (χ4v) is 3.36. The Morgan fingerprint density at radius 1 is 1.00 bits per heavy atom. The monoisotopic (exact) mass is 413 g/mol. The first kappa shape index (κ1) is 22.7. The van der Waals surface area contributed by atoms with Gasteiger partial charge in [-0.1, -0.05) is 24.3 Å². The third kappa shape index (κ3) is 6.46. The number of ether oxygens (including phenoxy) is 1. The van der Waals surface area contributed by atoms with Crippen molar-refractivity contribution in [2.24, 2.45) is 0 Å². The summed E-state index contributed by atoms with van der Waals surface area (Å²) in [6.07, 6.45) is 2.35. The number of ketones is 1. The van der Waals surface area contributed by atoms with Gasteiger partial charge in [-0.25, -0.2) is 4.79 Å². The molecule has 0 spiro atoms. The Morgan fingerprint density at radius 2 is 1.66 bits per heavy atom. The van der Waals surface area contributed by atoms with Crippen LogP contribution in [0, 0.1) is 20.8 Å². The minimum Gasteiger partial charge on any atom is -0.456 e. The Labute approximate surface area is 176 Å². The van der Waals surface area contributed by atoms with E-state index in [1.54, 1.807) is 36.0 Å². The highest BCUT2D eigenvalue weighted by Crippen LogP contribution is 2.16. The van der Waals surface area contributed by atoms with E-state index in [2.05, 4.69) is 5.32 Å². The zero-order valence-electron chi connectivity index (χ0n) is 17.3. The smallest absolute Gasteiger partial charge is 0.329 e. The van der Waals surface area contributed by atoms with Crippen LogP contribution in [0.25, 0.3) is 0 Å². The first-order valence-electron chi connectivity index (χ1n) is 9.46. The lowest BCUT2D eigenvalue weighted by molar-refractivity contribution is -0.144. The molecule has 0 bridgehead atoms. The van der Waals surface area contributed by atoms with Gasteiger partial charge < -0.3 is 10.1 Å². The van der Waals surface area contributed by atoms with Crippen molar-refractivity contribution in [3.8, 4) is 0 Å². The van der Waals surface area contributed by atoms with Crippen LogP contribution >= 0.6 is 11.8 Å². The molecular formula is C23H27NO4S. The number of thioether (sulfide) groups is 1. The third-order valence-electron chi connectivity index (χ3n) is 4.72. The van der Waals surface area contributed by atoms with Crippen molar-refractivity contribution in [3.05, 3.63) is 70.3 Å². The Bertz CT molecular complexity index is 880. The number of esters is 1. The molecule has 154 valence electrons. The van der Waals surface area contributed by atoms with Crippen molar-refractivity contribution >= 4 is 29.4 Å². The van der Waals surface area contributed by atoms with Crippen LogP contribution in [0.2, 0.25) is 0 Å². The van der Waals surface area contributed by atoms with Crippen LogP contribution in [0.4, 0.5) is 0 Å². The lowest BCUT2D eigenvalue weighted by atomic mass is 9.98. The Morgan fingerprint density at radius 3 is 2.31 bits per heavy atom. The molecule has 0 saturated heterocycles. The van der Waals surface area contributed by atoms with Gasteiger partial charge in [0.15, 0.2) is 6.61 Å². The summed E-state index contributed by atoms with van der Waals surface area (Å²) in [5.74, 6) is -0.515. The summed E-state index contributed by atoms with van der Waals surface area (Å²) >= 11 is 1.57. The van der Waals surface area contributed by atoms with Gasteiger partial charge in [0.2, 0.25) is 5.78 Å². The first-order chi connectivity index (χ1) is 13.8. The topological polar surface area (TPSA) is 72.5 Å². The number of benzene rings is 2. The summed E-state index contributed by atoms with van der Waals surface area (Å²) in [5.41, 5.74) is 3.99. The average Bonchev–Trinajstić information content (AvgIpc) is 2.72. The fourth-order valence-electron chi connectivity index (χ4n) is 2.89. The predicted molar refractivity (Wildman–Crippen MR) is 117 cm³/mol. The van der Waals surface area contributed by atoms with Gasteiger partial charge in [0.1, 0.15) is 6.04 Å². The maximum atomic E-state index is 12.6. The molecule has 0 aliphatic rings. The summed E-state index contributed by atoms with van der Waals surface area (Å²) < 4.78 is 5.27. The largest absolute Gasteiger partial charge is 0.456 e. The van der Waals surface area contributed by atoms with E-state index in [0.29, 0.717) is 23.3 Å². The summed E-state index contributed by atoms with van der Waals surface area (Å²) in [5, 5.41) is 2.72.